The molecule has 0 fully saturated rings. The summed E-state index contributed by atoms with van der Waals surface area (Å²) in [5, 5.41) is 14.3. The largest absolute Gasteiger partial charge is 0.379 e. The summed E-state index contributed by atoms with van der Waals surface area (Å²) in [6, 6.07) is 10.4. The molecule has 2 aromatic rings. The van der Waals surface area contributed by atoms with Crippen LogP contribution in [0.3, 0.4) is 0 Å². The maximum atomic E-state index is 14.0. The molecule has 134 valence electrons. The predicted molar refractivity (Wildman–Crippen MR) is 94.1 cm³/mol. The van der Waals surface area contributed by atoms with E-state index in [2.05, 4.69) is 5.32 Å². The summed E-state index contributed by atoms with van der Waals surface area (Å²) in [6.07, 6.45) is 0.919. The molecular weight excluding hydrogens is 347 g/mol. The number of nitrogens with zero attached hydrogens (tertiary/aromatic N) is 1. The number of halogens is 1. The molecule has 0 aliphatic heterocycles. The van der Waals surface area contributed by atoms with Crippen molar-refractivity contribution in [1.29, 1.82) is 0 Å². The van der Waals surface area contributed by atoms with E-state index in [1.807, 2.05) is 0 Å². The van der Waals surface area contributed by atoms with Gasteiger partial charge in [0.1, 0.15) is 16.4 Å². The summed E-state index contributed by atoms with van der Waals surface area (Å²) in [5.74, 6) is -0.367. The van der Waals surface area contributed by atoms with Gasteiger partial charge in [-0.2, -0.15) is 0 Å². The number of nitro groups is 1. The van der Waals surface area contributed by atoms with Gasteiger partial charge in [0.05, 0.1) is 4.92 Å². The van der Waals surface area contributed by atoms with Gasteiger partial charge in [-0.25, -0.2) is 12.8 Å². The van der Waals surface area contributed by atoms with Crippen molar-refractivity contribution < 1.29 is 17.7 Å². The maximum Gasteiger partial charge on any atom is 0.310 e. The Labute approximate surface area is 145 Å². The van der Waals surface area contributed by atoms with E-state index in [0.717, 1.165) is 6.26 Å². The van der Waals surface area contributed by atoms with Gasteiger partial charge in [-0.1, -0.05) is 38.1 Å². The average Bonchev–Trinajstić information content (AvgIpc) is 2.52. The number of para-hydroxylation sites is 1. The van der Waals surface area contributed by atoms with Crippen molar-refractivity contribution in [3.05, 3.63) is 64.0 Å². The van der Waals surface area contributed by atoms with E-state index < -0.39 is 25.9 Å². The minimum Gasteiger partial charge on any atom is -0.379 e. The van der Waals surface area contributed by atoms with Crippen LogP contribution in [0.1, 0.15) is 19.4 Å². The Morgan fingerprint density at radius 2 is 1.80 bits per heavy atom. The molecule has 0 amide bonds. The van der Waals surface area contributed by atoms with Crippen LogP contribution in [0.2, 0.25) is 0 Å². The fourth-order valence-electron chi connectivity index (χ4n) is 2.57. The Balaban J connectivity index is 2.39. The first-order valence-electron chi connectivity index (χ1n) is 7.50. The average molecular weight is 366 g/mol. The van der Waals surface area contributed by atoms with Crippen LogP contribution in [0.25, 0.3) is 0 Å². The normalized spacial score (nSPS) is 12.0. The van der Waals surface area contributed by atoms with Crippen molar-refractivity contribution in [2.75, 3.05) is 18.1 Å². The highest BCUT2D eigenvalue weighted by atomic mass is 32.2. The van der Waals surface area contributed by atoms with Crippen LogP contribution in [0.4, 0.5) is 15.8 Å². The van der Waals surface area contributed by atoms with Gasteiger partial charge in [-0.05, 0) is 23.8 Å². The molecule has 0 heterocycles. The zero-order valence-corrected chi connectivity index (χ0v) is 14.9. The summed E-state index contributed by atoms with van der Waals surface area (Å²) in [6.45, 7) is 3.78. The number of nitro benzene ring substituents is 1. The highest BCUT2D eigenvalue weighted by molar-refractivity contribution is 7.90. The molecule has 0 saturated heterocycles. The lowest BCUT2D eigenvalue weighted by Gasteiger charge is -2.26. The third kappa shape index (κ3) is 4.14. The zero-order chi connectivity index (χ0) is 18.8. The van der Waals surface area contributed by atoms with Gasteiger partial charge in [0, 0.05) is 18.2 Å². The Kier molecular flexibility index (Phi) is 5.12. The number of hydrogen-bond donors (Lipinski definition) is 1. The van der Waals surface area contributed by atoms with E-state index in [1.54, 1.807) is 32.0 Å². The molecule has 6 nitrogen and oxygen atoms in total. The summed E-state index contributed by atoms with van der Waals surface area (Å²) >= 11 is 0. The van der Waals surface area contributed by atoms with Crippen molar-refractivity contribution in [3.63, 3.8) is 0 Å². The zero-order valence-electron chi connectivity index (χ0n) is 14.1. The molecule has 0 aliphatic rings. The van der Waals surface area contributed by atoms with E-state index in [0.29, 0.717) is 5.56 Å². The second kappa shape index (κ2) is 6.79. The van der Waals surface area contributed by atoms with Gasteiger partial charge in [0.2, 0.25) is 0 Å². The van der Waals surface area contributed by atoms with E-state index >= 15 is 0 Å². The molecule has 8 heteroatoms. The Bertz CT molecular complexity index is 911. The summed E-state index contributed by atoms with van der Waals surface area (Å²) in [7, 11) is -3.76. The second-order valence-electron chi connectivity index (χ2n) is 6.40. The summed E-state index contributed by atoms with van der Waals surface area (Å²) in [4.78, 5) is 10.3. The molecule has 1 N–H and O–H groups in total. The third-order valence-corrected chi connectivity index (χ3v) is 5.03. The van der Waals surface area contributed by atoms with Gasteiger partial charge in [0.25, 0.3) is 0 Å². The van der Waals surface area contributed by atoms with Gasteiger partial charge in [-0.3, -0.25) is 10.1 Å². The number of rotatable bonds is 6. The predicted octanol–water partition coefficient (Wildman–Crippen LogP) is 3.53. The number of anilines is 1. The minimum absolute atomic E-state index is 0.0809. The number of benzene rings is 2. The minimum atomic E-state index is -3.76. The Morgan fingerprint density at radius 3 is 2.36 bits per heavy atom. The highest BCUT2D eigenvalue weighted by Crippen LogP contribution is 2.33. The van der Waals surface area contributed by atoms with Gasteiger partial charge in [-0.15, -0.1) is 0 Å². The quantitative estimate of drug-likeness (QED) is 0.624. The Hall–Kier alpha value is -2.48. The van der Waals surface area contributed by atoms with Crippen LogP contribution in [-0.2, 0) is 15.3 Å². The molecule has 0 spiro atoms. The molecule has 2 aromatic carbocycles. The fraction of sp³-hybridized carbons (Fsp3) is 0.294. The smallest absolute Gasteiger partial charge is 0.310 e. The standard InChI is InChI=1S/C17H19FN2O4S/c1-17(2,12-7-4-5-8-13(12)18)11-19-14-9-6-10-15(25(3,23)24)16(14)20(21)22/h4-10,19H,11H2,1-3H3. The van der Waals surface area contributed by atoms with Crippen LogP contribution in [0.5, 0.6) is 0 Å². The lowest BCUT2D eigenvalue weighted by molar-refractivity contribution is -0.386. The van der Waals surface area contributed by atoms with Crippen molar-refractivity contribution in [3.8, 4) is 0 Å². The van der Waals surface area contributed by atoms with Crippen molar-refractivity contribution in [1.82, 2.24) is 0 Å². The van der Waals surface area contributed by atoms with Crippen molar-refractivity contribution in [2.24, 2.45) is 0 Å². The highest BCUT2D eigenvalue weighted by Gasteiger charge is 2.28. The van der Waals surface area contributed by atoms with E-state index in [4.69, 9.17) is 0 Å². The van der Waals surface area contributed by atoms with Crippen LogP contribution >= 0.6 is 0 Å². The third-order valence-electron chi connectivity index (χ3n) is 3.90. The monoisotopic (exact) mass is 366 g/mol. The molecule has 0 radical (unpaired) electrons. The van der Waals surface area contributed by atoms with Crippen LogP contribution in [-0.4, -0.2) is 26.1 Å². The second-order valence-corrected chi connectivity index (χ2v) is 8.38. The molecule has 2 rings (SSSR count). The lowest BCUT2D eigenvalue weighted by Crippen LogP contribution is -2.29. The number of sulfone groups is 1. The van der Waals surface area contributed by atoms with E-state index in [-0.39, 0.29) is 22.9 Å². The maximum absolute atomic E-state index is 14.0. The molecule has 0 unspecified atom stereocenters. The molecule has 0 atom stereocenters. The van der Waals surface area contributed by atoms with E-state index in [1.165, 1.54) is 24.3 Å². The van der Waals surface area contributed by atoms with Crippen LogP contribution in [0.15, 0.2) is 47.4 Å². The topological polar surface area (TPSA) is 89.3 Å². The Morgan fingerprint density at radius 1 is 1.16 bits per heavy atom. The first-order valence-corrected chi connectivity index (χ1v) is 9.39. The van der Waals surface area contributed by atoms with Gasteiger partial charge in [0.15, 0.2) is 9.84 Å². The number of hydrogen-bond acceptors (Lipinski definition) is 5. The fourth-order valence-corrected chi connectivity index (χ4v) is 3.44. The lowest BCUT2D eigenvalue weighted by atomic mass is 9.84. The van der Waals surface area contributed by atoms with E-state index in [9.17, 15) is 22.9 Å². The molecule has 0 bridgehead atoms. The van der Waals surface area contributed by atoms with Gasteiger partial charge >= 0.3 is 5.69 Å². The first kappa shape index (κ1) is 18.9. The molecule has 0 saturated carbocycles. The van der Waals surface area contributed by atoms with Crippen LogP contribution in [0, 0.1) is 15.9 Å². The molecule has 25 heavy (non-hydrogen) atoms. The molecular formula is C17H19FN2O4S. The van der Waals surface area contributed by atoms with Crippen molar-refractivity contribution in [2.45, 2.75) is 24.2 Å². The van der Waals surface area contributed by atoms with Crippen LogP contribution < -0.4 is 5.32 Å². The summed E-state index contributed by atoms with van der Waals surface area (Å²) < 4.78 is 37.6. The number of nitrogens with one attached hydrogen (secondary N) is 1. The molecule has 0 aliphatic carbocycles. The van der Waals surface area contributed by atoms with Gasteiger partial charge < -0.3 is 5.32 Å². The SMILES string of the molecule is CC(C)(CNc1cccc(S(C)(=O)=O)c1[N+](=O)[O-])c1ccccc1F. The molecule has 0 aromatic heterocycles. The summed E-state index contributed by atoms with van der Waals surface area (Å²) in [5.41, 5.74) is -0.628. The first-order chi connectivity index (χ1) is 11.5. The van der Waals surface area contributed by atoms with Crippen molar-refractivity contribution >= 4 is 21.2 Å².